The maximum Gasteiger partial charge on any atom is 0.344 e. The molecule has 138 valence electrons. The first kappa shape index (κ1) is 17.5. The molecule has 1 aromatic rings. The van der Waals surface area contributed by atoms with Gasteiger partial charge < -0.3 is 9.84 Å². The number of fused-ring (bicyclic) bond motifs is 2. The fraction of sp³-hybridized carbons (Fsp3) is 0.750. The Morgan fingerprint density at radius 3 is 2.68 bits per heavy atom. The summed E-state index contributed by atoms with van der Waals surface area (Å²) in [5.41, 5.74) is -1.47. The van der Waals surface area contributed by atoms with E-state index >= 15 is 0 Å². The van der Waals surface area contributed by atoms with Gasteiger partial charge in [-0.15, -0.1) is 11.3 Å². The monoisotopic (exact) mass is 363 g/mol. The molecule has 0 unspecified atom stereocenters. The molecule has 3 aliphatic rings. The van der Waals surface area contributed by atoms with Gasteiger partial charge in [0.05, 0.1) is 0 Å². The number of likely N-dealkylation sites (N-methyl/N-ethyl adjacent to an activating group) is 1. The van der Waals surface area contributed by atoms with Crippen molar-refractivity contribution in [1.82, 2.24) is 4.90 Å². The Morgan fingerprint density at radius 1 is 1.20 bits per heavy atom. The maximum atomic E-state index is 13.2. The zero-order valence-corrected chi connectivity index (χ0v) is 15.8. The van der Waals surface area contributed by atoms with Crippen LogP contribution in [0.2, 0.25) is 0 Å². The third-order valence-corrected chi connectivity index (χ3v) is 7.77. The lowest BCUT2D eigenvalue weighted by Crippen LogP contribution is -2.51. The average molecular weight is 364 g/mol. The molecule has 2 saturated heterocycles. The molecule has 4 rings (SSSR count). The Balaban J connectivity index is 1.56. The molecule has 0 radical (unpaired) electrons. The number of thiophene rings is 1. The van der Waals surface area contributed by atoms with E-state index in [2.05, 4.69) is 11.9 Å². The maximum absolute atomic E-state index is 13.2. The molecule has 0 amide bonds. The molecule has 2 bridgehead atoms. The third-order valence-electron chi connectivity index (χ3n) is 6.77. The molecule has 4 nitrogen and oxygen atoms in total. The highest BCUT2D eigenvalue weighted by atomic mass is 32.1. The SMILES string of the molecule is CN1[C@H]2CC[C@@H]1[C@H](OC(=O)[C@](O)(c1cccs1)C1CCCCC1)CC2. The normalized spacial score (nSPS) is 33.1. The summed E-state index contributed by atoms with van der Waals surface area (Å²) in [6.45, 7) is 0. The van der Waals surface area contributed by atoms with Gasteiger partial charge in [0, 0.05) is 22.9 Å². The van der Waals surface area contributed by atoms with Crippen LogP contribution in [0.5, 0.6) is 0 Å². The molecule has 5 heteroatoms. The van der Waals surface area contributed by atoms with Crippen molar-refractivity contribution < 1.29 is 14.6 Å². The van der Waals surface area contributed by atoms with Crippen LogP contribution in [0.1, 0.15) is 62.7 Å². The number of nitrogens with zero attached hydrogens (tertiary/aromatic N) is 1. The van der Waals surface area contributed by atoms with Crippen LogP contribution in [-0.2, 0) is 15.1 Å². The Morgan fingerprint density at radius 2 is 1.96 bits per heavy atom. The third kappa shape index (κ3) is 3.04. The lowest BCUT2D eigenvalue weighted by atomic mass is 9.76. The Kier molecular flexibility index (Phi) is 4.91. The number of ether oxygens (including phenoxy) is 1. The highest BCUT2D eigenvalue weighted by molar-refractivity contribution is 7.10. The number of carbonyl (C=O) groups is 1. The molecule has 1 aromatic heterocycles. The number of piperidine rings is 1. The van der Waals surface area contributed by atoms with Crippen LogP contribution in [0.3, 0.4) is 0 Å². The van der Waals surface area contributed by atoms with E-state index in [1.54, 1.807) is 0 Å². The summed E-state index contributed by atoms with van der Waals surface area (Å²) in [5, 5.41) is 13.5. The summed E-state index contributed by atoms with van der Waals surface area (Å²) >= 11 is 1.47. The molecule has 3 fully saturated rings. The molecule has 1 aliphatic carbocycles. The lowest BCUT2D eigenvalue weighted by molar-refractivity contribution is -0.185. The van der Waals surface area contributed by atoms with Crippen molar-refractivity contribution in [3.05, 3.63) is 22.4 Å². The van der Waals surface area contributed by atoms with Crippen LogP contribution in [0.15, 0.2) is 17.5 Å². The average Bonchev–Trinajstić information content (AvgIpc) is 3.24. The summed E-state index contributed by atoms with van der Waals surface area (Å²) in [5.74, 6) is -0.435. The highest BCUT2D eigenvalue weighted by Crippen LogP contribution is 2.43. The lowest BCUT2D eigenvalue weighted by Gasteiger charge is -2.40. The molecule has 1 N–H and O–H groups in total. The van der Waals surface area contributed by atoms with E-state index < -0.39 is 11.6 Å². The van der Waals surface area contributed by atoms with Gasteiger partial charge in [0.1, 0.15) is 6.10 Å². The predicted octanol–water partition coefficient (Wildman–Crippen LogP) is 3.68. The van der Waals surface area contributed by atoms with Gasteiger partial charge in [0.2, 0.25) is 0 Å². The quantitative estimate of drug-likeness (QED) is 0.829. The Bertz CT molecular complexity index is 598. The Hall–Kier alpha value is -0.910. The number of esters is 1. The molecule has 3 heterocycles. The topological polar surface area (TPSA) is 49.8 Å². The molecular formula is C20H29NO3S. The van der Waals surface area contributed by atoms with Gasteiger partial charge in [-0.05, 0) is 57.0 Å². The summed E-state index contributed by atoms with van der Waals surface area (Å²) in [7, 11) is 2.15. The fourth-order valence-corrected chi connectivity index (χ4v) is 6.13. The zero-order valence-electron chi connectivity index (χ0n) is 15.0. The van der Waals surface area contributed by atoms with Crippen LogP contribution in [0.25, 0.3) is 0 Å². The van der Waals surface area contributed by atoms with Crippen molar-refractivity contribution in [3.63, 3.8) is 0 Å². The second-order valence-corrected chi connectivity index (χ2v) is 9.01. The molecular weight excluding hydrogens is 334 g/mol. The number of hydrogen-bond donors (Lipinski definition) is 1. The molecule has 25 heavy (non-hydrogen) atoms. The Labute approximate surface area is 154 Å². The minimum Gasteiger partial charge on any atom is -0.458 e. The second kappa shape index (κ2) is 7.01. The highest BCUT2D eigenvalue weighted by Gasteiger charge is 2.50. The van der Waals surface area contributed by atoms with Gasteiger partial charge in [0.15, 0.2) is 5.60 Å². The molecule has 2 aliphatic heterocycles. The van der Waals surface area contributed by atoms with Crippen molar-refractivity contribution in [1.29, 1.82) is 0 Å². The van der Waals surface area contributed by atoms with Gasteiger partial charge in [0.25, 0.3) is 0 Å². The van der Waals surface area contributed by atoms with Gasteiger partial charge in [-0.3, -0.25) is 4.90 Å². The van der Waals surface area contributed by atoms with E-state index in [0.717, 1.165) is 49.8 Å². The first-order valence-electron chi connectivity index (χ1n) is 9.80. The minimum atomic E-state index is -1.47. The van der Waals surface area contributed by atoms with Crippen LogP contribution >= 0.6 is 11.3 Å². The van der Waals surface area contributed by atoms with E-state index in [-0.39, 0.29) is 12.0 Å². The number of rotatable bonds is 4. The van der Waals surface area contributed by atoms with E-state index in [0.29, 0.717) is 12.1 Å². The van der Waals surface area contributed by atoms with Gasteiger partial charge in [-0.1, -0.05) is 25.3 Å². The summed E-state index contributed by atoms with van der Waals surface area (Å²) in [6, 6.07) is 4.77. The van der Waals surface area contributed by atoms with Crippen molar-refractivity contribution in [2.24, 2.45) is 5.92 Å². The van der Waals surface area contributed by atoms with E-state index in [9.17, 15) is 9.90 Å². The number of hydrogen-bond acceptors (Lipinski definition) is 5. The summed E-state index contributed by atoms with van der Waals surface area (Å²) in [6.07, 6.45) is 9.41. The number of aliphatic hydroxyl groups is 1. The van der Waals surface area contributed by atoms with Crippen LogP contribution < -0.4 is 0 Å². The van der Waals surface area contributed by atoms with Gasteiger partial charge in [-0.2, -0.15) is 0 Å². The molecule has 0 spiro atoms. The molecule has 0 aromatic carbocycles. The van der Waals surface area contributed by atoms with Gasteiger partial charge in [-0.25, -0.2) is 4.79 Å². The second-order valence-electron chi connectivity index (χ2n) is 8.06. The molecule has 4 atom stereocenters. The zero-order chi connectivity index (χ0) is 17.4. The smallest absolute Gasteiger partial charge is 0.344 e. The summed E-state index contributed by atoms with van der Waals surface area (Å²) in [4.78, 5) is 16.4. The largest absolute Gasteiger partial charge is 0.458 e. The summed E-state index contributed by atoms with van der Waals surface area (Å²) < 4.78 is 6.01. The first-order chi connectivity index (χ1) is 12.1. The van der Waals surface area contributed by atoms with Crippen molar-refractivity contribution in [2.75, 3.05) is 7.05 Å². The van der Waals surface area contributed by atoms with Crippen LogP contribution in [0, 0.1) is 5.92 Å². The van der Waals surface area contributed by atoms with E-state index in [1.165, 1.54) is 24.2 Å². The van der Waals surface area contributed by atoms with Crippen molar-refractivity contribution in [3.8, 4) is 0 Å². The van der Waals surface area contributed by atoms with E-state index in [4.69, 9.17) is 4.74 Å². The minimum absolute atomic E-state index is 0.0231. The first-order valence-corrected chi connectivity index (χ1v) is 10.7. The van der Waals surface area contributed by atoms with E-state index in [1.807, 2.05) is 17.5 Å². The molecule has 1 saturated carbocycles. The number of carbonyl (C=O) groups excluding carboxylic acids is 1. The van der Waals surface area contributed by atoms with Crippen LogP contribution in [0.4, 0.5) is 0 Å². The fourth-order valence-electron chi connectivity index (χ4n) is 5.24. The van der Waals surface area contributed by atoms with Crippen molar-refractivity contribution >= 4 is 17.3 Å². The van der Waals surface area contributed by atoms with Crippen LogP contribution in [-0.4, -0.2) is 41.2 Å². The standard InChI is InChI=1S/C20H29NO3S/c1-21-15-9-11-16(21)17(12-10-15)24-19(22)20(23,18-8-5-13-25-18)14-6-3-2-4-7-14/h5,8,13-17,23H,2-4,6-7,9-12H2,1H3/t15-,16+,17+,20+/m0/s1. The predicted molar refractivity (Wildman–Crippen MR) is 98.5 cm³/mol. The van der Waals surface area contributed by atoms with Gasteiger partial charge >= 0.3 is 5.97 Å². The van der Waals surface area contributed by atoms with Crippen molar-refractivity contribution in [2.45, 2.75) is 81.6 Å².